The summed E-state index contributed by atoms with van der Waals surface area (Å²) in [5.74, 6) is 0.854. The third-order valence-electron chi connectivity index (χ3n) is 4.21. The van der Waals surface area contributed by atoms with Crippen molar-refractivity contribution >= 4 is 41.0 Å². The van der Waals surface area contributed by atoms with E-state index in [9.17, 15) is 14.9 Å². The van der Waals surface area contributed by atoms with Gasteiger partial charge in [-0.1, -0.05) is 23.2 Å². The average molecular weight is 462 g/mol. The highest BCUT2D eigenvalue weighted by molar-refractivity contribution is 6.36. The fraction of sp³-hybridized carbons (Fsp3) is 0.143. The molecule has 31 heavy (non-hydrogen) atoms. The van der Waals surface area contributed by atoms with Crippen molar-refractivity contribution in [3.05, 3.63) is 79.5 Å². The van der Waals surface area contributed by atoms with E-state index >= 15 is 0 Å². The Balaban J connectivity index is 1.57. The number of non-ortho nitro benzene ring substituents is 1. The normalized spacial score (nSPS) is 11.0. The van der Waals surface area contributed by atoms with Gasteiger partial charge in [0.15, 0.2) is 6.61 Å². The third kappa shape index (κ3) is 5.62. The van der Waals surface area contributed by atoms with Crippen molar-refractivity contribution in [3.63, 3.8) is 0 Å². The molecule has 0 aliphatic rings. The van der Waals surface area contributed by atoms with Gasteiger partial charge in [0.2, 0.25) is 0 Å². The van der Waals surface area contributed by atoms with Gasteiger partial charge < -0.3 is 9.15 Å². The van der Waals surface area contributed by atoms with Crippen molar-refractivity contribution in [1.82, 2.24) is 5.43 Å². The van der Waals surface area contributed by atoms with Gasteiger partial charge in [-0.15, -0.1) is 0 Å². The Morgan fingerprint density at radius 1 is 1.19 bits per heavy atom. The number of nitrogens with one attached hydrogen (secondary N) is 1. The molecular formula is C21H17Cl2N3O5. The first-order valence-corrected chi connectivity index (χ1v) is 9.76. The van der Waals surface area contributed by atoms with E-state index in [0.29, 0.717) is 44.0 Å². The number of carbonyl (C=O) groups is 1. The maximum atomic E-state index is 12.0. The zero-order valence-electron chi connectivity index (χ0n) is 16.5. The van der Waals surface area contributed by atoms with Gasteiger partial charge in [-0.25, -0.2) is 5.43 Å². The molecule has 8 nitrogen and oxygen atoms in total. The minimum absolute atomic E-state index is 0.0332. The van der Waals surface area contributed by atoms with E-state index in [0.717, 1.165) is 0 Å². The molecule has 1 amide bonds. The fourth-order valence-electron chi connectivity index (χ4n) is 2.85. The second-order valence-corrected chi connectivity index (χ2v) is 7.42. The van der Waals surface area contributed by atoms with Crippen LogP contribution in [0.4, 0.5) is 5.69 Å². The molecule has 10 heteroatoms. The maximum Gasteiger partial charge on any atom is 0.277 e. The van der Waals surface area contributed by atoms with Crippen molar-refractivity contribution in [3.8, 4) is 17.1 Å². The fourth-order valence-corrected chi connectivity index (χ4v) is 3.36. The first-order valence-electron chi connectivity index (χ1n) is 9.00. The summed E-state index contributed by atoms with van der Waals surface area (Å²) in [6.07, 6.45) is 1.34. The number of carbonyl (C=O) groups excluding carboxylic acids is 1. The first kappa shape index (κ1) is 22.3. The van der Waals surface area contributed by atoms with Crippen LogP contribution in [0.15, 0.2) is 52.0 Å². The van der Waals surface area contributed by atoms with Crippen molar-refractivity contribution in [2.75, 3.05) is 6.61 Å². The predicted octanol–water partition coefficient (Wildman–Crippen LogP) is 5.31. The third-order valence-corrected chi connectivity index (χ3v) is 4.76. The number of hydrogen-bond donors (Lipinski definition) is 1. The van der Waals surface area contributed by atoms with Gasteiger partial charge in [-0.3, -0.25) is 14.9 Å². The lowest BCUT2D eigenvalue weighted by Crippen LogP contribution is -2.25. The summed E-state index contributed by atoms with van der Waals surface area (Å²) in [6, 6.07) is 11.2. The molecule has 0 fully saturated rings. The van der Waals surface area contributed by atoms with Crippen molar-refractivity contribution in [1.29, 1.82) is 0 Å². The number of hydrogen-bond acceptors (Lipinski definition) is 6. The minimum Gasteiger partial charge on any atom is -0.483 e. The number of halogens is 2. The molecule has 1 aromatic heterocycles. The summed E-state index contributed by atoms with van der Waals surface area (Å²) in [6.45, 7) is 3.04. The molecule has 3 aromatic rings. The monoisotopic (exact) mass is 461 g/mol. The van der Waals surface area contributed by atoms with Crippen molar-refractivity contribution < 1.29 is 18.9 Å². The van der Waals surface area contributed by atoms with Crippen LogP contribution in [0, 0.1) is 24.0 Å². The number of ether oxygens (including phenoxy) is 1. The van der Waals surface area contributed by atoms with Crippen LogP contribution in [0.2, 0.25) is 10.0 Å². The molecule has 0 bridgehead atoms. The smallest absolute Gasteiger partial charge is 0.277 e. The number of aryl methyl sites for hydroxylation is 2. The Bertz CT molecular complexity index is 1150. The molecule has 3 rings (SSSR count). The lowest BCUT2D eigenvalue weighted by Gasteiger charge is -2.11. The van der Waals surface area contributed by atoms with E-state index in [2.05, 4.69) is 10.5 Å². The second-order valence-electron chi connectivity index (χ2n) is 6.57. The Morgan fingerprint density at radius 2 is 1.90 bits per heavy atom. The number of rotatable bonds is 7. The minimum atomic E-state index is -0.499. The molecular weight excluding hydrogens is 445 g/mol. The number of furan rings is 1. The van der Waals surface area contributed by atoms with Gasteiger partial charge in [0.05, 0.1) is 16.2 Å². The van der Waals surface area contributed by atoms with Crippen LogP contribution < -0.4 is 10.2 Å². The van der Waals surface area contributed by atoms with E-state index in [1.807, 2.05) is 0 Å². The van der Waals surface area contributed by atoms with Gasteiger partial charge in [0.1, 0.15) is 17.3 Å². The molecule has 0 atom stereocenters. The van der Waals surface area contributed by atoms with Gasteiger partial charge in [0, 0.05) is 22.7 Å². The van der Waals surface area contributed by atoms with E-state index in [4.69, 9.17) is 32.4 Å². The highest BCUT2D eigenvalue weighted by Gasteiger charge is 2.14. The van der Waals surface area contributed by atoms with Crippen LogP contribution in [0.5, 0.6) is 5.75 Å². The summed E-state index contributed by atoms with van der Waals surface area (Å²) in [4.78, 5) is 22.4. The summed E-state index contributed by atoms with van der Waals surface area (Å²) in [5.41, 5.74) is 4.10. The largest absolute Gasteiger partial charge is 0.483 e. The van der Waals surface area contributed by atoms with E-state index < -0.39 is 10.8 Å². The molecule has 0 unspecified atom stereocenters. The summed E-state index contributed by atoms with van der Waals surface area (Å²) in [7, 11) is 0. The van der Waals surface area contributed by atoms with Crippen LogP contribution in [0.1, 0.15) is 16.9 Å². The van der Waals surface area contributed by atoms with Crippen molar-refractivity contribution in [2.45, 2.75) is 13.8 Å². The van der Waals surface area contributed by atoms with E-state index in [1.54, 1.807) is 44.2 Å². The van der Waals surface area contributed by atoms with Crippen LogP contribution in [-0.2, 0) is 4.79 Å². The second kappa shape index (κ2) is 9.63. The Labute approximate surface area is 187 Å². The summed E-state index contributed by atoms with van der Waals surface area (Å²) < 4.78 is 11.1. The molecule has 1 heterocycles. The van der Waals surface area contributed by atoms with Crippen LogP contribution in [-0.4, -0.2) is 23.7 Å². The number of nitro groups is 1. The highest BCUT2D eigenvalue weighted by Crippen LogP contribution is 2.31. The summed E-state index contributed by atoms with van der Waals surface area (Å²) in [5, 5.41) is 15.7. The lowest BCUT2D eigenvalue weighted by atomic mass is 10.1. The maximum absolute atomic E-state index is 12.0. The number of nitro benzene ring substituents is 1. The zero-order valence-corrected chi connectivity index (χ0v) is 18.0. The highest BCUT2D eigenvalue weighted by atomic mass is 35.5. The first-order chi connectivity index (χ1) is 14.7. The Hall–Kier alpha value is -3.36. The number of hydrazone groups is 1. The molecule has 0 saturated heterocycles. The van der Waals surface area contributed by atoms with Crippen molar-refractivity contribution in [2.24, 2.45) is 5.10 Å². The molecule has 0 radical (unpaired) electrons. The molecule has 0 saturated carbocycles. The predicted molar refractivity (Wildman–Crippen MR) is 118 cm³/mol. The summed E-state index contributed by atoms with van der Waals surface area (Å²) >= 11 is 12.1. The molecule has 160 valence electrons. The van der Waals surface area contributed by atoms with Gasteiger partial charge in [-0.05, 0) is 55.3 Å². The lowest BCUT2D eigenvalue weighted by molar-refractivity contribution is -0.385. The molecule has 2 aromatic carbocycles. The van der Waals surface area contributed by atoms with Crippen LogP contribution >= 0.6 is 23.2 Å². The number of amides is 1. The zero-order chi connectivity index (χ0) is 22.5. The topological polar surface area (TPSA) is 107 Å². The number of benzene rings is 2. The van der Waals surface area contributed by atoms with Gasteiger partial charge >= 0.3 is 0 Å². The van der Waals surface area contributed by atoms with Gasteiger partial charge in [-0.2, -0.15) is 5.10 Å². The SMILES string of the molecule is Cc1cc([N+](=O)[O-])cc(C)c1OCC(=O)N/N=C\c1ccc(-c2ccc(Cl)cc2Cl)o1. The van der Waals surface area contributed by atoms with Crippen LogP contribution in [0.25, 0.3) is 11.3 Å². The molecule has 0 spiro atoms. The average Bonchev–Trinajstić information content (AvgIpc) is 3.15. The standard InChI is InChI=1S/C21H17Cl2N3O5/c1-12-7-15(26(28)29)8-13(2)21(12)30-11-20(27)25-24-10-16-4-6-19(31-16)17-5-3-14(22)9-18(17)23/h3-10H,11H2,1-2H3,(H,25,27)/b24-10-. The van der Waals surface area contributed by atoms with Gasteiger partial charge in [0.25, 0.3) is 11.6 Å². The van der Waals surface area contributed by atoms with Crippen LogP contribution in [0.3, 0.4) is 0 Å². The molecule has 1 N–H and O–H groups in total. The Kier molecular flexibility index (Phi) is 6.94. The molecule has 0 aliphatic heterocycles. The van der Waals surface area contributed by atoms with E-state index in [1.165, 1.54) is 18.3 Å². The Morgan fingerprint density at radius 3 is 2.55 bits per heavy atom. The number of nitrogens with zero attached hydrogens (tertiary/aromatic N) is 2. The quantitative estimate of drug-likeness (QED) is 0.291. The van der Waals surface area contributed by atoms with E-state index in [-0.39, 0.29) is 12.3 Å². The molecule has 0 aliphatic carbocycles.